The van der Waals surface area contributed by atoms with E-state index in [9.17, 15) is 0 Å². The van der Waals surface area contributed by atoms with Crippen LogP contribution in [-0.4, -0.2) is 41.5 Å². The van der Waals surface area contributed by atoms with Crippen molar-refractivity contribution < 1.29 is 9.15 Å². The van der Waals surface area contributed by atoms with Crippen molar-refractivity contribution in [3.05, 3.63) is 6.39 Å². The van der Waals surface area contributed by atoms with E-state index in [1.165, 1.54) is 6.39 Å². The Kier molecular flexibility index (Phi) is 2.19. The molecule has 0 aromatic carbocycles. The van der Waals surface area contributed by atoms with Gasteiger partial charge < -0.3 is 9.15 Å². The Balaban J connectivity index is 1.86. The van der Waals surface area contributed by atoms with E-state index in [0.717, 1.165) is 26.3 Å². The van der Waals surface area contributed by atoms with Gasteiger partial charge in [-0.15, -0.1) is 5.10 Å². The first-order valence-electron chi connectivity index (χ1n) is 3.81. The van der Waals surface area contributed by atoms with Crippen molar-refractivity contribution in [1.29, 1.82) is 0 Å². The average molecular weight is 170 g/mol. The van der Waals surface area contributed by atoms with E-state index in [2.05, 4.69) is 15.6 Å². The molecular formula is C6H10N4O2. The summed E-state index contributed by atoms with van der Waals surface area (Å²) in [5, 5.41) is 9.23. The molecule has 1 aliphatic rings. The minimum absolute atomic E-state index is 0.428. The summed E-state index contributed by atoms with van der Waals surface area (Å²) in [7, 11) is 0. The molecule has 0 spiro atoms. The van der Waals surface area contributed by atoms with Crippen LogP contribution in [0.3, 0.4) is 0 Å². The Labute approximate surface area is 69.5 Å². The molecule has 0 bridgehead atoms. The highest BCUT2D eigenvalue weighted by atomic mass is 16.5. The maximum atomic E-state index is 5.17. The fraction of sp³-hybridized carbons (Fsp3) is 0.667. The normalized spacial score (nSPS) is 19.3. The van der Waals surface area contributed by atoms with Gasteiger partial charge in [-0.2, -0.15) is 0 Å². The van der Waals surface area contributed by atoms with Gasteiger partial charge in [0.2, 0.25) is 6.39 Å². The largest absolute Gasteiger partial charge is 0.410 e. The number of hydrazine groups is 1. The highest BCUT2D eigenvalue weighted by Crippen LogP contribution is 2.02. The van der Waals surface area contributed by atoms with Gasteiger partial charge in [-0.05, 0) is 0 Å². The molecule has 0 unspecified atom stereocenters. The minimum Gasteiger partial charge on any atom is -0.410 e. The maximum absolute atomic E-state index is 5.17. The predicted octanol–water partition coefficient (Wildman–Crippen LogP) is -0.271. The zero-order valence-electron chi connectivity index (χ0n) is 6.56. The number of hydrogen-bond donors (Lipinski definition) is 1. The van der Waals surface area contributed by atoms with Crippen LogP contribution in [0.4, 0.5) is 6.01 Å². The van der Waals surface area contributed by atoms with Gasteiger partial charge in [-0.3, -0.25) is 5.43 Å². The van der Waals surface area contributed by atoms with E-state index in [-0.39, 0.29) is 0 Å². The molecule has 0 atom stereocenters. The zero-order chi connectivity index (χ0) is 8.23. The van der Waals surface area contributed by atoms with Crippen LogP contribution in [0, 0.1) is 0 Å². The number of morpholine rings is 1. The number of nitrogens with zero attached hydrogens (tertiary/aromatic N) is 3. The van der Waals surface area contributed by atoms with E-state index in [0.29, 0.717) is 6.01 Å². The summed E-state index contributed by atoms with van der Waals surface area (Å²) in [5.74, 6) is 0. The predicted molar refractivity (Wildman–Crippen MR) is 40.3 cm³/mol. The highest BCUT2D eigenvalue weighted by molar-refractivity contribution is 5.12. The van der Waals surface area contributed by atoms with Gasteiger partial charge in [-0.1, -0.05) is 5.10 Å². The lowest BCUT2D eigenvalue weighted by Crippen LogP contribution is -2.40. The van der Waals surface area contributed by atoms with E-state index in [1.54, 1.807) is 0 Å². The summed E-state index contributed by atoms with van der Waals surface area (Å²) in [4.78, 5) is 0. The number of rotatable bonds is 2. The molecular weight excluding hydrogens is 160 g/mol. The molecule has 0 saturated carbocycles. The molecule has 1 aromatic heterocycles. The lowest BCUT2D eigenvalue weighted by atomic mass is 10.5. The standard InChI is InChI=1S/C6H10N4O2/c1-3-11-4-2-10(1)9-6-8-7-5-12-6/h5H,1-4H2,(H,8,9). The summed E-state index contributed by atoms with van der Waals surface area (Å²) in [6, 6.07) is 0.428. The summed E-state index contributed by atoms with van der Waals surface area (Å²) in [6.45, 7) is 3.15. The second kappa shape index (κ2) is 3.51. The lowest BCUT2D eigenvalue weighted by molar-refractivity contribution is 0.0483. The van der Waals surface area contributed by atoms with Crippen LogP contribution >= 0.6 is 0 Å². The fourth-order valence-electron chi connectivity index (χ4n) is 1.03. The molecule has 1 aromatic rings. The maximum Gasteiger partial charge on any atom is 0.330 e. The van der Waals surface area contributed by atoms with Crippen LogP contribution in [0.2, 0.25) is 0 Å². The monoisotopic (exact) mass is 170 g/mol. The highest BCUT2D eigenvalue weighted by Gasteiger charge is 2.11. The number of ether oxygens (including phenoxy) is 1. The van der Waals surface area contributed by atoms with Crippen molar-refractivity contribution in [2.45, 2.75) is 0 Å². The second-order valence-electron chi connectivity index (χ2n) is 2.46. The van der Waals surface area contributed by atoms with E-state index in [1.807, 2.05) is 5.01 Å². The van der Waals surface area contributed by atoms with E-state index < -0.39 is 0 Å². The van der Waals surface area contributed by atoms with Gasteiger partial charge in [0.05, 0.1) is 13.2 Å². The molecule has 66 valence electrons. The average Bonchev–Trinajstić information content (AvgIpc) is 2.59. The number of aromatic nitrogens is 2. The van der Waals surface area contributed by atoms with Gasteiger partial charge in [0.25, 0.3) is 0 Å². The Morgan fingerprint density at radius 2 is 2.25 bits per heavy atom. The third-order valence-corrected chi connectivity index (χ3v) is 1.62. The molecule has 1 N–H and O–H groups in total. The van der Waals surface area contributed by atoms with Gasteiger partial charge in [0.15, 0.2) is 0 Å². The topological polar surface area (TPSA) is 63.4 Å². The third kappa shape index (κ3) is 1.72. The summed E-state index contributed by atoms with van der Waals surface area (Å²) in [6.07, 6.45) is 1.29. The molecule has 6 heteroatoms. The summed E-state index contributed by atoms with van der Waals surface area (Å²) >= 11 is 0. The van der Waals surface area contributed by atoms with Gasteiger partial charge in [0, 0.05) is 13.1 Å². The van der Waals surface area contributed by atoms with Gasteiger partial charge >= 0.3 is 6.01 Å². The Bertz CT molecular complexity index is 219. The van der Waals surface area contributed by atoms with Crippen LogP contribution in [-0.2, 0) is 4.74 Å². The van der Waals surface area contributed by atoms with Gasteiger partial charge in [-0.25, -0.2) is 5.01 Å². The first kappa shape index (κ1) is 7.51. The molecule has 2 heterocycles. The number of anilines is 1. The van der Waals surface area contributed by atoms with Crippen LogP contribution < -0.4 is 5.43 Å². The molecule has 0 radical (unpaired) electrons. The Hall–Kier alpha value is -1.14. The Morgan fingerprint density at radius 1 is 1.42 bits per heavy atom. The lowest BCUT2D eigenvalue weighted by Gasteiger charge is -2.25. The Morgan fingerprint density at radius 3 is 2.92 bits per heavy atom. The third-order valence-electron chi connectivity index (χ3n) is 1.62. The van der Waals surface area contributed by atoms with Gasteiger partial charge in [0.1, 0.15) is 0 Å². The molecule has 0 amide bonds. The van der Waals surface area contributed by atoms with Crippen LogP contribution in [0.1, 0.15) is 0 Å². The van der Waals surface area contributed by atoms with Crippen molar-refractivity contribution in [3.8, 4) is 0 Å². The van der Waals surface area contributed by atoms with E-state index >= 15 is 0 Å². The SMILES string of the molecule is c1nnc(NN2CCOCC2)o1. The number of nitrogens with one attached hydrogen (secondary N) is 1. The minimum atomic E-state index is 0.428. The first-order valence-corrected chi connectivity index (χ1v) is 3.81. The van der Waals surface area contributed by atoms with Crippen molar-refractivity contribution in [1.82, 2.24) is 15.2 Å². The summed E-state index contributed by atoms with van der Waals surface area (Å²) < 4.78 is 10.1. The first-order chi connectivity index (χ1) is 5.95. The van der Waals surface area contributed by atoms with Crippen molar-refractivity contribution >= 4 is 6.01 Å². The van der Waals surface area contributed by atoms with Crippen LogP contribution in [0.25, 0.3) is 0 Å². The molecule has 1 aliphatic heterocycles. The molecule has 1 fully saturated rings. The smallest absolute Gasteiger partial charge is 0.330 e. The molecule has 12 heavy (non-hydrogen) atoms. The molecule has 1 saturated heterocycles. The number of hydrogen-bond acceptors (Lipinski definition) is 6. The fourth-order valence-corrected chi connectivity index (χ4v) is 1.03. The van der Waals surface area contributed by atoms with Crippen molar-refractivity contribution in [3.63, 3.8) is 0 Å². The van der Waals surface area contributed by atoms with Crippen LogP contribution in [0.15, 0.2) is 10.8 Å². The van der Waals surface area contributed by atoms with Crippen LogP contribution in [0.5, 0.6) is 0 Å². The molecule has 0 aliphatic carbocycles. The zero-order valence-corrected chi connectivity index (χ0v) is 6.56. The molecule has 2 rings (SSSR count). The summed E-state index contributed by atoms with van der Waals surface area (Å²) in [5.41, 5.74) is 2.97. The van der Waals surface area contributed by atoms with Crippen molar-refractivity contribution in [2.24, 2.45) is 0 Å². The molecule has 6 nitrogen and oxygen atoms in total. The second-order valence-corrected chi connectivity index (χ2v) is 2.46. The van der Waals surface area contributed by atoms with E-state index in [4.69, 9.17) is 9.15 Å². The van der Waals surface area contributed by atoms with Crippen molar-refractivity contribution in [2.75, 3.05) is 31.7 Å². The quantitative estimate of drug-likeness (QED) is 0.659.